The predicted molar refractivity (Wildman–Crippen MR) is 103 cm³/mol. The zero-order valence-electron chi connectivity index (χ0n) is 14.3. The van der Waals surface area contributed by atoms with Crippen molar-refractivity contribution in [3.63, 3.8) is 0 Å². The number of hydrogen-bond donors (Lipinski definition) is 1. The summed E-state index contributed by atoms with van der Waals surface area (Å²) in [5, 5.41) is 2.64. The lowest BCUT2D eigenvalue weighted by Gasteiger charge is -2.16. The first kappa shape index (κ1) is 17.9. The lowest BCUT2D eigenvalue weighted by atomic mass is 10.1. The fraction of sp³-hybridized carbons (Fsp3) is 0. The van der Waals surface area contributed by atoms with Gasteiger partial charge in [-0.05, 0) is 42.5 Å². The van der Waals surface area contributed by atoms with Gasteiger partial charge < -0.3 is 5.32 Å². The summed E-state index contributed by atoms with van der Waals surface area (Å²) in [6, 6.07) is 16.4. The molecule has 3 aromatic rings. The van der Waals surface area contributed by atoms with Crippen molar-refractivity contribution in [3.05, 3.63) is 94.3 Å². The molecule has 138 valence electrons. The highest BCUT2D eigenvalue weighted by molar-refractivity contribution is 6.37. The molecule has 1 aliphatic heterocycles. The summed E-state index contributed by atoms with van der Waals surface area (Å²) < 4.78 is 13.8. The third kappa shape index (κ3) is 2.93. The van der Waals surface area contributed by atoms with Crippen molar-refractivity contribution in [1.82, 2.24) is 0 Å². The number of halogens is 2. The van der Waals surface area contributed by atoms with E-state index in [1.807, 2.05) is 0 Å². The number of imide groups is 1. The van der Waals surface area contributed by atoms with Crippen LogP contribution in [0.15, 0.2) is 66.7 Å². The molecule has 1 N–H and O–H groups in total. The van der Waals surface area contributed by atoms with Crippen LogP contribution >= 0.6 is 11.6 Å². The van der Waals surface area contributed by atoms with E-state index in [2.05, 4.69) is 5.32 Å². The van der Waals surface area contributed by atoms with Crippen LogP contribution in [0.25, 0.3) is 0 Å². The van der Waals surface area contributed by atoms with Gasteiger partial charge in [-0.15, -0.1) is 0 Å². The van der Waals surface area contributed by atoms with E-state index < -0.39 is 23.5 Å². The molecule has 4 rings (SSSR count). The average Bonchev–Trinajstić information content (AvgIpc) is 2.95. The molecule has 0 aromatic heterocycles. The van der Waals surface area contributed by atoms with Crippen molar-refractivity contribution in [2.24, 2.45) is 0 Å². The maximum atomic E-state index is 13.8. The Hall–Kier alpha value is -3.51. The van der Waals surface area contributed by atoms with Gasteiger partial charge in [-0.2, -0.15) is 0 Å². The molecule has 1 heterocycles. The highest BCUT2D eigenvalue weighted by Crippen LogP contribution is 2.33. The Labute approximate surface area is 164 Å². The highest BCUT2D eigenvalue weighted by Gasteiger charge is 2.36. The zero-order chi connectivity index (χ0) is 19.8. The van der Waals surface area contributed by atoms with Crippen LogP contribution in [0.2, 0.25) is 5.02 Å². The number of fused-ring (bicyclic) bond motifs is 1. The van der Waals surface area contributed by atoms with Crippen molar-refractivity contribution in [1.29, 1.82) is 0 Å². The molecule has 7 heteroatoms. The first-order valence-electron chi connectivity index (χ1n) is 8.30. The lowest BCUT2D eigenvalue weighted by molar-refractivity contribution is 0.0924. The topological polar surface area (TPSA) is 66.5 Å². The number of rotatable bonds is 3. The Morgan fingerprint density at radius 2 is 1.50 bits per heavy atom. The summed E-state index contributed by atoms with van der Waals surface area (Å²) >= 11 is 6.23. The van der Waals surface area contributed by atoms with Crippen LogP contribution in [0.1, 0.15) is 31.1 Å². The second-order valence-corrected chi connectivity index (χ2v) is 6.50. The largest absolute Gasteiger partial charge is 0.321 e. The number of benzene rings is 3. The van der Waals surface area contributed by atoms with E-state index in [0.717, 1.165) is 4.90 Å². The van der Waals surface area contributed by atoms with Crippen molar-refractivity contribution < 1.29 is 18.8 Å². The molecule has 0 spiro atoms. The van der Waals surface area contributed by atoms with E-state index in [1.165, 1.54) is 36.4 Å². The minimum absolute atomic E-state index is 0.110. The summed E-state index contributed by atoms with van der Waals surface area (Å²) in [6.07, 6.45) is 0. The molecular formula is C21H12ClFN2O3. The average molecular weight is 395 g/mol. The van der Waals surface area contributed by atoms with Gasteiger partial charge in [-0.3, -0.25) is 14.4 Å². The van der Waals surface area contributed by atoms with Gasteiger partial charge in [0, 0.05) is 0 Å². The molecule has 1 aliphatic rings. The summed E-state index contributed by atoms with van der Waals surface area (Å²) in [4.78, 5) is 38.4. The van der Waals surface area contributed by atoms with Crippen LogP contribution < -0.4 is 10.2 Å². The van der Waals surface area contributed by atoms with Gasteiger partial charge in [-0.1, -0.05) is 35.9 Å². The molecule has 0 fully saturated rings. The van der Waals surface area contributed by atoms with Gasteiger partial charge in [0.05, 0.1) is 33.1 Å². The summed E-state index contributed by atoms with van der Waals surface area (Å²) in [7, 11) is 0. The summed E-state index contributed by atoms with van der Waals surface area (Å²) in [5.74, 6) is -2.20. The van der Waals surface area contributed by atoms with E-state index in [0.29, 0.717) is 11.1 Å². The van der Waals surface area contributed by atoms with Gasteiger partial charge in [0.2, 0.25) is 0 Å². The molecule has 0 aliphatic carbocycles. The number of anilines is 2. The molecule has 0 radical (unpaired) electrons. The second-order valence-electron chi connectivity index (χ2n) is 6.09. The van der Waals surface area contributed by atoms with Crippen molar-refractivity contribution >= 4 is 40.7 Å². The number of hydrogen-bond acceptors (Lipinski definition) is 3. The number of carbonyl (C=O) groups excluding carboxylic acids is 3. The molecule has 0 saturated heterocycles. The lowest BCUT2D eigenvalue weighted by Crippen LogP contribution is -2.29. The Morgan fingerprint density at radius 1 is 0.893 bits per heavy atom. The Kier molecular flexibility index (Phi) is 4.41. The summed E-state index contributed by atoms with van der Waals surface area (Å²) in [6.45, 7) is 0. The smallest absolute Gasteiger partial charge is 0.266 e. The van der Waals surface area contributed by atoms with Crippen molar-refractivity contribution in [2.75, 3.05) is 10.2 Å². The fourth-order valence-corrected chi connectivity index (χ4v) is 3.23. The van der Waals surface area contributed by atoms with Gasteiger partial charge in [0.25, 0.3) is 17.7 Å². The number of nitrogens with zero attached hydrogens (tertiary/aromatic N) is 1. The third-order valence-electron chi connectivity index (χ3n) is 4.37. The van der Waals surface area contributed by atoms with Gasteiger partial charge in [-0.25, -0.2) is 9.29 Å². The monoisotopic (exact) mass is 394 g/mol. The number of nitrogens with one attached hydrogen (secondary N) is 1. The normalized spacial score (nSPS) is 12.9. The maximum absolute atomic E-state index is 13.8. The molecular weight excluding hydrogens is 383 g/mol. The van der Waals surface area contributed by atoms with Crippen LogP contribution in [0.5, 0.6) is 0 Å². The minimum atomic E-state index is -0.659. The van der Waals surface area contributed by atoms with Crippen LogP contribution in [0.4, 0.5) is 15.8 Å². The van der Waals surface area contributed by atoms with Crippen molar-refractivity contribution in [3.8, 4) is 0 Å². The molecule has 0 atom stereocenters. The molecule has 3 aromatic carbocycles. The molecule has 5 nitrogen and oxygen atoms in total. The van der Waals surface area contributed by atoms with E-state index in [4.69, 9.17) is 11.6 Å². The quantitative estimate of drug-likeness (QED) is 0.663. The van der Waals surface area contributed by atoms with E-state index in [1.54, 1.807) is 30.3 Å². The molecule has 28 heavy (non-hydrogen) atoms. The third-order valence-corrected chi connectivity index (χ3v) is 4.68. The predicted octanol–water partition coefficient (Wildman–Crippen LogP) is 4.53. The van der Waals surface area contributed by atoms with Crippen LogP contribution in [-0.4, -0.2) is 17.7 Å². The molecule has 3 amide bonds. The molecule has 0 bridgehead atoms. The number of amides is 3. The Balaban J connectivity index is 1.61. The Morgan fingerprint density at radius 3 is 2.11 bits per heavy atom. The van der Waals surface area contributed by atoms with Gasteiger partial charge >= 0.3 is 0 Å². The van der Waals surface area contributed by atoms with Crippen LogP contribution in [-0.2, 0) is 0 Å². The summed E-state index contributed by atoms with van der Waals surface area (Å²) in [5.41, 5.74) is 1.03. The van der Waals surface area contributed by atoms with E-state index in [9.17, 15) is 18.8 Å². The fourth-order valence-electron chi connectivity index (χ4n) is 3.00. The van der Waals surface area contributed by atoms with Crippen LogP contribution in [0.3, 0.4) is 0 Å². The van der Waals surface area contributed by atoms with E-state index in [-0.39, 0.29) is 22.0 Å². The molecule has 0 saturated carbocycles. The Bertz CT molecular complexity index is 1110. The zero-order valence-corrected chi connectivity index (χ0v) is 15.0. The second kappa shape index (κ2) is 6.90. The molecule has 0 unspecified atom stereocenters. The first-order valence-corrected chi connectivity index (χ1v) is 8.68. The SMILES string of the molecule is O=C(Nc1ccc(N2C(=O)c3ccccc3C2=O)cc1Cl)c1ccccc1F. The maximum Gasteiger partial charge on any atom is 0.266 e. The van der Waals surface area contributed by atoms with E-state index >= 15 is 0 Å². The standard InChI is InChI=1S/C21H12ClFN2O3/c22-16-11-12(25-20(27)13-5-1-2-6-14(13)21(25)28)9-10-18(16)24-19(26)15-7-3-4-8-17(15)23/h1-11H,(H,24,26). The van der Waals surface area contributed by atoms with Gasteiger partial charge in [0.15, 0.2) is 0 Å². The minimum Gasteiger partial charge on any atom is -0.321 e. The first-order chi connectivity index (χ1) is 13.5. The highest BCUT2D eigenvalue weighted by atomic mass is 35.5. The van der Waals surface area contributed by atoms with Crippen LogP contribution in [0, 0.1) is 5.82 Å². The number of carbonyl (C=O) groups is 3. The van der Waals surface area contributed by atoms with Crippen molar-refractivity contribution in [2.45, 2.75) is 0 Å². The van der Waals surface area contributed by atoms with Gasteiger partial charge in [0.1, 0.15) is 5.82 Å².